The van der Waals surface area contributed by atoms with E-state index in [0.717, 1.165) is 26.2 Å². The molecule has 4 rings (SSSR count). The maximum atomic E-state index is 2.42. The Morgan fingerprint density at radius 3 is 1.52 bits per heavy atom. The van der Waals surface area contributed by atoms with Crippen LogP contribution in [0.25, 0.3) is 22.1 Å². The molecule has 0 bridgehead atoms. The molecule has 140 valence electrons. The number of hydrogen-bond donors (Lipinski definition) is 0. The van der Waals surface area contributed by atoms with Crippen molar-refractivity contribution in [1.29, 1.82) is 0 Å². The third-order valence-electron chi connectivity index (χ3n) is 5.44. The van der Waals surface area contributed by atoms with E-state index >= 15 is 0 Å². The van der Waals surface area contributed by atoms with Gasteiger partial charge >= 0.3 is 0 Å². The molecule has 4 aromatic rings. The van der Waals surface area contributed by atoms with E-state index in [2.05, 4.69) is 107 Å². The molecule has 0 amide bonds. The van der Waals surface area contributed by atoms with Crippen molar-refractivity contribution in [2.75, 3.05) is 0 Å². The summed E-state index contributed by atoms with van der Waals surface area (Å²) in [6, 6.07) is 17.4. The lowest BCUT2D eigenvalue weighted by Gasteiger charge is -2.20. The molecule has 0 aliphatic heterocycles. The van der Waals surface area contributed by atoms with Crippen LogP contribution in [0, 0.1) is 5.41 Å². The molecule has 0 atom stereocenters. The highest BCUT2D eigenvalue weighted by atomic mass is 15.2. The summed E-state index contributed by atoms with van der Waals surface area (Å²) in [6.07, 6.45) is 4.54. The van der Waals surface area contributed by atoms with Crippen molar-refractivity contribution in [3.63, 3.8) is 0 Å². The Hall–Kier alpha value is -2.62. The average Bonchev–Trinajstić information content (AvgIpc) is 3.20. The number of nitrogens with zero attached hydrogens (tertiary/aromatic N) is 4. The van der Waals surface area contributed by atoms with Crippen molar-refractivity contribution in [3.05, 3.63) is 61.2 Å². The van der Waals surface area contributed by atoms with Gasteiger partial charge in [-0.05, 0) is 38.1 Å². The number of para-hydroxylation sites is 4. The lowest BCUT2D eigenvalue weighted by Crippen LogP contribution is -2.48. The van der Waals surface area contributed by atoms with Gasteiger partial charge in [-0.2, -0.15) is 0 Å². The van der Waals surface area contributed by atoms with Crippen LogP contribution in [0.2, 0.25) is 0 Å². The second kappa shape index (κ2) is 6.84. The summed E-state index contributed by atoms with van der Waals surface area (Å²) in [5.74, 6) is 0. The highest BCUT2D eigenvalue weighted by molar-refractivity contribution is 5.72. The Morgan fingerprint density at radius 1 is 0.704 bits per heavy atom. The quantitative estimate of drug-likeness (QED) is 0.463. The molecule has 0 saturated heterocycles. The number of benzene rings is 2. The fourth-order valence-electron chi connectivity index (χ4n) is 4.21. The fourth-order valence-corrected chi connectivity index (χ4v) is 4.21. The summed E-state index contributed by atoms with van der Waals surface area (Å²) in [6.45, 7) is 13.1. The van der Waals surface area contributed by atoms with Crippen molar-refractivity contribution in [2.45, 2.75) is 53.9 Å². The van der Waals surface area contributed by atoms with Crippen LogP contribution in [-0.2, 0) is 26.2 Å². The van der Waals surface area contributed by atoms with E-state index in [9.17, 15) is 0 Å². The van der Waals surface area contributed by atoms with E-state index in [1.807, 2.05) is 0 Å². The van der Waals surface area contributed by atoms with Crippen molar-refractivity contribution in [1.82, 2.24) is 9.13 Å². The summed E-state index contributed by atoms with van der Waals surface area (Å²) in [5, 5.41) is 0. The Bertz CT molecular complexity index is 998. The predicted molar refractivity (Wildman–Crippen MR) is 109 cm³/mol. The molecule has 0 N–H and O–H groups in total. The number of hydrogen-bond acceptors (Lipinski definition) is 0. The van der Waals surface area contributed by atoms with Crippen LogP contribution in [-0.4, -0.2) is 9.13 Å². The first-order chi connectivity index (χ1) is 13.0. The van der Waals surface area contributed by atoms with Crippen LogP contribution in [0.1, 0.15) is 27.7 Å². The number of aryl methyl sites for hydroxylation is 2. The zero-order valence-electron chi connectivity index (χ0n) is 16.9. The second-order valence-electron chi connectivity index (χ2n) is 8.20. The minimum atomic E-state index is 0.126. The van der Waals surface area contributed by atoms with Crippen molar-refractivity contribution >= 4 is 22.1 Å². The Morgan fingerprint density at radius 2 is 1.11 bits per heavy atom. The van der Waals surface area contributed by atoms with E-state index in [1.165, 1.54) is 22.1 Å². The maximum absolute atomic E-state index is 2.42. The third kappa shape index (κ3) is 3.25. The molecule has 4 heteroatoms. The number of aromatic nitrogens is 4. The minimum Gasteiger partial charge on any atom is -0.230 e. The van der Waals surface area contributed by atoms with Crippen LogP contribution in [0.3, 0.4) is 0 Å². The van der Waals surface area contributed by atoms with Gasteiger partial charge < -0.3 is 0 Å². The van der Waals surface area contributed by atoms with Gasteiger partial charge in [-0.1, -0.05) is 38.1 Å². The molecule has 0 radical (unpaired) electrons. The summed E-state index contributed by atoms with van der Waals surface area (Å²) >= 11 is 0. The average molecular weight is 363 g/mol. The maximum Gasteiger partial charge on any atom is 0.244 e. The summed E-state index contributed by atoms with van der Waals surface area (Å²) < 4.78 is 9.50. The Kier molecular flexibility index (Phi) is 4.50. The van der Waals surface area contributed by atoms with E-state index in [1.54, 1.807) is 0 Å². The van der Waals surface area contributed by atoms with Crippen molar-refractivity contribution in [2.24, 2.45) is 5.41 Å². The molecule has 0 aliphatic carbocycles. The van der Waals surface area contributed by atoms with E-state index in [-0.39, 0.29) is 5.41 Å². The number of fused-ring (bicyclic) bond motifs is 2. The molecule has 4 nitrogen and oxygen atoms in total. The molecule has 2 heterocycles. The van der Waals surface area contributed by atoms with Gasteiger partial charge in [0.25, 0.3) is 0 Å². The first kappa shape index (κ1) is 17.8. The van der Waals surface area contributed by atoms with Gasteiger partial charge in [-0.15, -0.1) is 0 Å². The Labute approximate surface area is 161 Å². The lowest BCUT2D eigenvalue weighted by atomic mass is 9.93. The van der Waals surface area contributed by atoms with Crippen molar-refractivity contribution < 1.29 is 9.13 Å². The molecule has 2 aromatic heterocycles. The largest absolute Gasteiger partial charge is 0.244 e. The fraction of sp³-hybridized carbons (Fsp3) is 0.391. The van der Waals surface area contributed by atoms with Crippen LogP contribution in [0.5, 0.6) is 0 Å². The summed E-state index contributed by atoms with van der Waals surface area (Å²) in [4.78, 5) is 0. The molecule has 0 fully saturated rings. The zero-order valence-corrected chi connectivity index (χ0v) is 16.9. The van der Waals surface area contributed by atoms with E-state index < -0.39 is 0 Å². The molecule has 0 aliphatic rings. The van der Waals surface area contributed by atoms with Crippen molar-refractivity contribution in [3.8, 4) is 0 Å². The third-order valence-corrected chi connectivity index (χ3v) is 5.44. The first-order valence-corrected chi connectivity index (χ1v) is 9.97. The van der Waals surface area contributed by atoms with Crippen LogP contribution in [0.15, 0.2) is 61.2 Å². The summed E-state index contributed by atoms with van der Waals surface area (Å²) in [5.41, 5.74) is 5.37. The van der Waals surface area contributed by atoms with Gasteiger partial charge in [0.1, 0.15) is 0 Å². The van der Waals surface area contributed by atoms with Gasteiger partial charge in [-0.3, -0.25) is 0 Å². The normalized spacial score (nSPS) is 12.3. The van der Waals surface area contributed by atoms with E-state index in [4.69, 9.17) is 0 Å². The molecular formula is C23H30N4+2. The van der Waals surface area contributed by atoms with E-state index in [0.29, 0.717) is 0 Å². The first-order valence-electron chi connectivity index (χ1n) is 9.97. The minimum absolute atomic E-state index is 0.126. The topological polar surface area (TPSA) is 17.6 Å². The number of imidazole rings is 2. The molecule has 27 heavy (non-hydrogen) atoms. The molecule has 2 aromatic carbocycles. The highest BCUT2D eigenvalue weighted by Gasteiger charge is 2.29. The van der Waals surface area contributed by atoms with Gasteiger partial charge in [0.15, 0.2) is 22.1 Å². The van der Waals surface area contributed by atoms with Gasteiger partial charge in [0, 0.05) is 5.41 Å². The monoisotopic (exact) mass is 362 g/mol. The molecule has 0 saturated carbocycles. The Balaban J connectivity index is 1.67. The highest BCUT2D eigenvalue weighted by Crippen LogP contribution is 2.20. The van der Waals surface area contributed by atoms with Gasteiger partial charge in [0.05, 0.1) is 26.2 Å². The van der Waals surface area contributed by atoms with Crippen LogP contribution < -0.4 is 9.13 Å². The van der Waals surface area contributed by atoms with Gasteiger partial charge in [0.2, 0.25) is 12.7 Å². The molecular weight excluding hydrogens is 332 g/mol. The number of rotatable bonds is 6. The zero-order chi connectivity index (χ0) is 19.0. The SMILES string of the molecule is CCn1c[n+](CC(C)(C)C[n+]2cn(CC)c3ccccc32)c2ccccc21. The van der Waals surface area contributed by atoms with Crippen LogP contribution in [0.4, 0.5) is 0 Å². The molecule has 0 unspecified atom stereocenters. The second-order valence-corrected chi connectivity index (χ2v) is 8.20. The standard InChI is InChI=1S/C23H30N4/c1-5-24-17-26(21-13-9-7-11-19(21)24)15-23(3,4)16-27-18-25(6-2)20-12-8-10-14-22(20)27/h7-14,17-18H,5-6,15-16H2,1-4H3/q+2. The smallest absolute Gasteiger partial charge is 0.230 e. The van der Waals surface area contributed by atoms with Crippen LogP contribution >= 0.6 is 0 Å². The van der Waals surface area contributed by atoms with Gasteiger partial charge in [-0.25, -0.2) is 18.3 Å². The predicted octanol–water partition coefficient (Wildman–Crippen LogP) is 3.94. The summed E-state index contributed by atoms with van der Waals surface area (Å²) in [7, 11) is 0. The molecule has 0 spiro atoms. The lowest BCUT2D eigenvalue weighted by molar-refractivity contribution is -0.724.